The Balaban J connectivity index is 1.78. The Labute approximate surface area is 121 Å². The van der Waals surface area contributed by atoms with Gasteiger partial charge in [-0.3, -0.25) is 0 Å². The van der Waals surface area contributed by atoms with Crippen LogP contribution in [0.5, 0.6) is 0 Å². The second-order valence-corrected chi connectivity index (χ2v) is 7.12. The molecule has 3 aliphatic rings. The van der Waals surface area contributed by atoms with E-state index in [2.05, 4.69) is 60.9 Å². The van der Waals surface area contributed by atoms with Crippen LogP contribution in [0.15, 0.2) is 41.6 Å². The van der Waals surface area contributed by atoms with Crippen LogP contribution in [0.4, 0.5) is 5.69 Å². The molecule has 0 amide bonds. The maximum Gasteiger partial charge on any atom is 0.0909 e. The number of benzene rings is 1. The molecule has 0 aromatic heterocycles. The molecule has 1 aromatic rings. The van der Waals surface area contributed by atoms with Crippen LogP contribution in [-0.4, -0.2) is 18.1 Å². The first-order valence-corrected chi connectivity index (χ1v) is 7.54. The van der Waals surface area contributed by atoms with Crippen LogP contribution in [0.1, 0.15) is 31.4 Å². The molecule has 2 bridgehead atoms. The number of anilines is 1. The highest BCUT2D eigenvalue weighted by Crippen LogP contribution is 2.41. The van der Waals surface area contributed by atoms with Gasteiger partial charge in [0.05, 0.1) is 6.67 Å². The summed E-state index contributed by atoms with van der Waals surface area (Å²) >= 11 is 0. The lowest BCUT2D eigenvalue weighted by atomic mass is 9.81. The molecule has 1 aliphatic carbocycles. The summed E-state index contributed by atoms with van der Waals surface area (Å²) in [5.41, 5.74) is 7.56. The van der Waals surface area contributed by atoms with Crippen LogP contribution in [0.2, 0.25) is 0 Å². The van der Waals surface area contributed by atoms with Crippen molar-refractivity contribution in [3.05, 3.63) is 52.7 Å². The van der Waals surface area contributed by atoms with Crippen LogP contribution >= 0.6 is 0 Å². The molecule has 0 radical (unpaired) electrons. The van der Waals surface area contributed by atoms with E-state index in [4.69, 9.17) is 0 Å². The van der Waals surface area contributed by atoms with Gasteiger partial charge in [0.15, 0.2) is 0 Å². The van der Waals surface area contributed by atoms with Gasteiger partial charge in [0.25, 0.3) is 0 Å². The predicted octanol–water partition coefficient (Wildman–Crippen LogP) is 3.83. The first kappa shape index (κ1) is 12.1. The van der Waals surface area contributed by atoms with Crippen molar-refractivity contribution in [3.8, 4) is 0 Å². The second kappa shape index (κ2) is 3.91. The Morgan fingerprint density at radius 2 is 1.95 bits per heavy atom. The minimum atomic E-state index is 0.308. The quantitative estimate of drug-likeness (QED) is 0.704. The zero-order valence-electron chi connectivity index (χ0n) is 12.6. The highest BCUT2D eigenvalue weighted by molar-refractivity contribution is 5.61. The Morgan fingerprint density at radius 1 is 1.10 bits per heavy atom. The van der Waals surface area contributed by atoms with Crippen molar-refractivity contribution in [2.75, 3.05) is 18.1 Å². The second-order valence-electron chi connectivity index (χ2n) is 7.12. The summed E-state index contributed by atoms with van der Waals surface area (Å²) in [5, 5.41) is 0. The van der Waals surface area contributed by atoms with Gasteiger partial charge < -0.3 is 9.80 Å². The fourth-order valence-electron chi connectivity index (χ4n) is 3.74. The molecule has 0 N–H and O–H groups in total. The SMILES string of the molecule is Cc1ccc2c(c1)CN1CN2CC2=CC(C)(C)CC=C21. The Kier molecular flexibility index (Phi) is 2.36. The van der Waals surface area contributed by atoms with Gasteiger partial charge in [0.2, 0.25) is 0 Å². The third-order valence-corrected chi connectivity index (χ3v) is 4.70. The molecule has 2 heteroatoms. The molecule has 2 heterocycles. The fourth-order valence-corrected chi connectivity index (χ4v) is 3.74. The van der Waals surface area contributed by atoms with E-state index in [0.29, 0.717) is 5.41 Å². The number of aryl methyl sites for hydroxylation is 1. The fraction of sp³-hybridized carbons (Fsp3) is 0.444. The molecule has 2 aliphatic heterocycles. The predicted molar refractivity (Wildman–Crippen MR) is 83.5 cm³/mol. The molecule has 2 nitrogen and oxygen atoms in total. The summed E-state index contributed by atoms with van der Waals surface area (Å²) in [7, 11) is 0. The molecule has 0 saturated carbocycles. The van der Waals surface area contributed by atoms with E-state index in [1.807, 2.05) is 0 Å². The van der Waals surface area contributed by atoms with Crippen LogP contribution in [0.25, 0.3) is 0 Å². The Bertz CT molecular complexity index is 637. The van der Waals surface area contributed by atoms with Crippen LogP contribution in [0.3, 0.4) is 0 Å². The van der Waals surface area contributed by atoms with Crippen LogP contribution < -0.4 is 4.90 Å². The van der Waals surface area contributed by atoms with Gasteiger partial charge in [-0.25, -0.2) is 0 Å². The first-order valence-electron chi connectivity index (χ1n) is 7.54. The van der Waals surface area contributed by atoms with Crippen molar-refractivity contribution >= 4 is 5.69 Å². The molecular formula is C18H22N2. The minimum Gasteiger partial charge on any atom is -0.349 e. The average molecular weight is 266 g/mol. The van der Waals surface area contributed by atoms with Gasteiger partial charge in [0.1, 0.15) is 0 Å². The smallest absolute Gasteiger partial charge is 0.0909 e. The van der Waals surface area contributed by atoms with E-state index >= 15 is 0 Å². The topological polar surface area (TPSA) is 6.48 Å². The summed E-state index contributed by atoms with van der Waals surface area (Å²) < 4.78 is 0. The van der Waals surface area contributed by atoms with Gasteiger partial charge in [-0.05, 0) is 36.0 Å². The molecule has 4 rings (SSSR count). The molecule has 0 unspecified atom stereocenters. The monoisotopic (exact) mass is 266 g/mol. The maximum absolute atomic E-state index is 2.53. The van der Waals surface area contributed by atoms with E-state index in [1.54, 1.807) is 0 Å². The van der Waals surface area contributed by atoms with Crippen molar-refractivity contribution in [1.29, 1.82) is 0 Å². The van der Waals surface area contributed by atoms with Gasteiger partial charge >= 0.3 is 0 Å². The van der Waals surface area contributed by atoms with E-state index in [1.165, 1.54) is 28.1 Å². The largest absolute Gasteiger partial charge is 0.349 e. The molecular weight excluding hydrogens is 244 g/mol. The normalized spacial score (nSPS) is 22.8. The van der Waals surface area contributed by atoms with E-state index in [-0.39, 0.29) is 0 Å². The molecule has 1 aromatic carbocycles. The minimum absolute atomic E-state index is 0.308. The first-order chi connectivity index (χ1) is 9.52. The van der Waals surface area contributed by atoms with Crippen LogP contribution in [0, 0.1) is 12.3 Å². The lowest BCUT2D eigenvalue weighted by Crippen LogP contribution is -2.49. The summed E-state index contributed by atoms with van der Waals surface area (Å²) in [4.78, 5) is 5.05. The van der Waals surface area contributed by atoms with Crippen molar-refractivity contribution in [3.63, 3.8) is 0 Å². The van der Waals surface area contributed by atoms with Crippen molar-refractivity contribution in [1.82, 2.24) is 4.90 Å². The number of nitrogens with zero attached hydrogens (tertiary/aromatic N) is 2. The Hall–Kier alpha value is -1.70. The number of rotatable bonds is 0. The third kappa shape index (κ3) is 1.78. The molecule has 0 spiro atoms. The van der Waals surface area contributed by atoms with Gasteiger partial charge in [-0.2, -0.15) is 0 Å². The van der Waals surface area contributed by atoms with E-state index in [9.17, 15) is 0 Å². The molecule has 20 heavy (non-hydrogen) atoms. The van der Waals surface area contributed by atoms with Crippen molar-refractivity contribution in [2.24, 2.45) is 5.41 Å². The maximum atomic E-state index is 2.53. The van der Waals surface area contributed by atoms with E-state index in [0.717, 1.165) is 26.2 Å². The number of hydrogen-bond donors (Lipinski definition) is 0. The standard InChI is InChI=1S/C18H22N2/c1-13-4-5-16-14(8-13)10-19-12-20(16)11-15-9-18(2,3)7-6-17(15)19/h4-6,8-9H,7,10-12H2,1-3H3. The number of allylic oxidation sites excluding steroid dienone is 2. The van der Waals surface area contributed by atoms with Crippen molar-refractivity contribution < 1.29 is 0 Å². The summed E-state index contributed by atoms with van der Waals surface area (Å²) in [6, 6.07) is 6.88. The van der Waals surface area contributed by atoms with Gasteiger partial charge in [0, 0.05) is 24.5 Å². The average Bonchev–Trinajstić information content (AvgIpc) is 2.36. The molecule has 1 fully saturated rings. The highest BCUT2D eigenvalue weighted by atomic mass is 15.4. The highest BCUT2D eigenvalue weighted by Gasteiger charge is 2.34. The zero-order chi connectivity index (χ0) is 13.9. The van der Waals surface area contributed by atoms with Crippen molar-refractivity contribution in [2.45, 2.75) is 33.7 Å². The third-order valence-electron chi connectivity index (χ3n) is 4.70. The lowest BCUT2D eigenvalue weighted by molar-refractivity contribution is 0.295. The number of hydrogen-bond acceptors (Lipinski definition) is 2. The zero-order valence-corrected chi connectivity index (χ0v) is 12.6. The Morgan fingerprint density at radius 3 is 2.80 bits per heavy atom. The summed E-state index contributed by atoms with van der Waals surface area (Å²) in [6.45, 7) is 10.0. The van der Waals surface area contributed by atoms with Crippen LogP contribution in [-0.2, 0) is 6.54 Å². The molecule has 104 valence electrons. The molecule has 0 atom stereocenters. The lowest BCUT2D eigenvalue weighted by Gasteiger charge is -2.48. The summed E-state index contributed by atoms with van der Waals surface area (Å²) in [5.74, 6) is 0. The molecule has 1 saturated heterocycles. The number of fused-ring (bicyclic) bond motifs is 6. The van der Waals surface area contributed by atoms with E-state index < -0.39 is 0 Å². The van der Waals surface area contributed by atoms with Gasteiger partial charge in [-0.15, -0.1) is 0 Å². The summed E-state index contributed by atoms with van der Waals surface area (Å²) in [6.07, 6.45) is 6.09. The van der Waals surface area contributed by atoms with Gasteiger partial charge in [-0.1, -0.05) is 43.7 Å².